The zero-order valence-corrected chi connectivity index (χ0v) is 21.5. The normalized spacial score (nSPS) is 12.7. The van der Waals surface area contributed by atoms with Crippen LogP contribution in [0.4, 0.5) is 5.69 Å². The van der Waals surface area contributed by atoms with Crippen molar-refractivity contribution in [3.05, 3.63) is 80.5 Å². The summed E-state index contributed by atoms with van der Waals surface area (Å²) in [5.74, 6) is -0.227. The van der Waals surface area contributed by atoms with Crippen molar-refractivity contribution in [2.75, 3.05) is 0 Å². The second-order valence-corrected chi connectivity index (χ2v) is 10.6. The number of amides is 1. The van der Waals surface area contributed by atoms with Crippen LogP contribution in [0, 0.1) is 23.0 Å². The number of carbonyl (C=O) groups excluding carboxylic acids is 1. The van der Waals surface area contributed by atoms with Crippen LogP contribution in [-0.2, 0) is 14.8 Å². The zero-order chi connectivity index (χ0) is 25.8. The molecule has 2 N–H and O–H groups in total. The van der Waals surface area contributed by atoms with Crippen molar-refractivity contribution >= 4 is 43.8 Å². The number of nitro benzene ring substituents is 1. The van der Waals surface area contributed by atoms with Crippen LogP contribution >= 0.6 is 15.9 Å². The van der Waals surface area contributed by atoms with Crippen LogP contribution in [0.25, 0.3) is 11.3 Å². The highest BCUT2D eigenvalue weighted by molar-refractivity contribution is 9.10. The Labute approximate surface area is 210 Å². The van der Waals surface area contributed by atoms with Crippen LogP contribution in [0.15, 0.2) is 73.5 Å². The van der Waals surface area contributed by atoms with E-state index in [9.17, 15) is 23.3 Å². The number of nitrogens with one attached hydrogen (secondary N) is 2. The third-order valence-corrected chi connectivity index (χ3v) is 7.10. The molecule has 0 aliphatic heterocycles. The van der Waals surface area contributed by atoms with Crippen molar-refractivity contribution < 1.29 is 22.6 Å². The van der Waals surface area contributed by atoms with Gasteiger partial charge < -0.3 is 4.42 Å². The van der Waals surface area contributed by atoms with E-state index < -0.39 is 26.9 Å². The van der Waals surface area contributed by atoms with E-state index >= 15 is 0 Å². The summed E-state index contributed by atoms with van der Waals surface area (Å²) < 4.78 is 34.0. The number of hydrogen-bond donors (Lipinski definition) is 2. The Morgan fingerprint density at radius 3 is 2.43 bits per heavy atom. The number of rotatable bonds is 9. The Morgan fingerprint density at radius 1 is 1.14 bits per heavy atom. The van der Waals surface area contributed by atoms with Gasteiger partial charge in [0.15, 0.2) is 0 Å². The lowest BCUT2D eigenvalue weighted by molar-refractivity contribution is -0.384. The van der Waals surface area contributed by atoms with E-state index in [0.717, 1.165) is 5.56 Å². The number of halogens is 1. The fraction of sp³-hybridized carbons (Fsp3) is 0.217. The first-order valence-corrected chi connectivity index (χ1v) is 12.7. The Kier molecular flexibility index (Phi) is 8.20. The molecule has 0 bridgehead atoms. The molecule has 0 saturated heterocycles. The minimum absolute atomic E-state index is 0.0607. The number of nitrogens with zero attached hydrogens (tertiary/aromatic N) is 2. The molecule has 0 saturated carbocycles. The van der Waals surface area contributed by atoms with Gasteiger partial charge in [0.2, 0.25) is 10.0 Å². The van der Waals surface area contributed by atoms with Gasteiger partial charge in [-0.25, -0.2) is 13.8 Å². The smallest absolute Gasteiger partial charge is 0.270 e. The van der Waals surface area contributed by atoms with Crippen molar-refractivity contribution in [3.8, 4) is 11.3 Å². The molecule has 12 heteroatoms. The predicted molar refractivity (Wildman–Crippen MR) is 134 cm³/mol. The van der Waals surface area contributed by atoms with Gasteiger partial charge in [0, 0.05) is 22.2 Å². The third kappa shape index (κ3) is 6.62. The first-order chi connectivity index (χ1) is 16.5. The maximum atomic E-state index is 12.7. The number of sulfonamides is 1. The molecule has 2 aromatic carbocycles. The van der Waals surface area contributed by atoms with Gasteiger partial charge >= 0.3 is 0 Å². The maximum absolute atomic E-state index is 12.7. The molecule has 35 heavy (non-hydrogen) atoms. The lowest BCUT2D eigenvalue weighted by Crippen LogP contribution is -2.48. The standard InChI is InChI=1S/C23H23BrN4O6S/c1-14(2)22(27-35(32,33)18-8-4-15(3)5-9-18)23(29)26-25-13-17-7-11-21(34-17)19-10-6-16(28(30)31)12-20(19)24/h4-14,22,27H,1-3H3,(H,26,29)/b25-13-/t22-/m0/s1. The second kappa shape index (κ2) is 10.9. The van der Waals surface area contributed by atoms with Crippen LogP contribution in [0.3, 0.4) is 0 Å². The fourth-order valence-corrected chi connectivity index (χ4v) is 4.96. The van der Waals surface area contributed by atoms with E-state index in [1.165, 1.54) is 30.5 Å². The van der Waals surface area contributed by atoms with E-state index in [2.05, 4.69) is 31.2 Å². The van der Waals surface area contributed by atoms with Gasteiger partial charge in [0.25, 0.3) is 11.6 Å². The lowest BCUT2D eigenvalue weighted by Gasteiger charge is -2.20. The summed E-state index contributed by atoms with van der Waals surface area (Å²) in [6, 6.07) is 12.8. The SMILES string of the molecule is Cc1ccc(S(=O)(=O)N[C@H](C(=O)N/N=C\c2ccc(-c3ccc([N+](=O)[O-])cc3Br)o2)C(C)C)cc1. The summed E-state index contributed by atoms with van der Waals surface area (Å²) in [5.41, 5.74) is 3.79. The molecule has 184 valence electrons. The third-order valence-electron chi connectivity index (χ3n) is 4.98. The molecular weight excluding hydrogens is 540 g/mol. The highest BCUT2D eigenvalue weighted by atomic mass is 79.9. The number of nitro groups is 1. The summed E-state index contributed by atoms with van der Waals surface area (Å²) in [6.07, 6.45) is 1.27. The van der Waals surface area contributed by atoms with Crippen LogP contribution in [0.5, 0.6) is 0 Å². The van der Waals surface area contributed by atoms with E-state index in [-0.39, 0.29) is 16.5 Å². The fourth-order valence-electron chi connectivity index (χ4n) is 3.06. The summed E-state index contributed by atoms with van der Waals surface area (Å²) in [4.78, 5) is 23.1. The predicted octanol–water partition coefficient (Wildman–Crippen LogP) is 4.38. The summed E-state index contributed by atoms with van der Waals surface area (Å²) >= 11 is 3.30. The lowest BCUT2D eigenvalue weighted by atomic mass is 10.1. The second-order valence-electron chi connectivity index (χ2n) is 8.01. The number of non-ortho nitro benzene ring substituents is 1. The minimum atomic E-state index is -3.91. The minimum Gasteiger partial charge on any atom is -0.455 e. The molecular formula is C23H23BrN4O6S. The monoisotopic (exact) mass is 562 g/mol. The van der Waals surface area contributed by atoms with Crippen molar-refractivity contribution in [1.29, 1.82) is 0 Å². The van der Waals surface area contributed by atoms with Gasteiger partial charge in [-0.1, -0.05) is 31.5 Å². The Bertz CT molecular complexity index is 1370. The zero-order valence-electron chi connectivity index (χ0n) is 19.1. The summed E-state index contributed by atoms with van der Waals surface area (Å²) in [6.45, 7) is 5.28. The number of hydrogen-bond acceptors (Lipinski definition) is 7. The Hall–Kier alpha value is -3.35. The topological polar surface area (TPSA) is 144 Å². The molecule has 1 amide bonds. The Morgan fingerprint density at radius 2 is 1.83 bits per heavy atom. The van der Waals surface area contributed by atoms with E-state index in [1.54, 1.807) is 44.2 Å². The van der Waals surface area contributed by atoms with E-state index in [1.807, 2.05) is 6.92 Å². The van der Waals surface area contributed by atoms with Crippen molar-refractivity contribution in [1.82, 2.24) is 10.1 Å². The first-order valence-electron chi connectivity index (χ1n) is 10.4. The van der Waals surface area contributed by atoms with E-state index in [0.29, 0.717) is 21.6 Å². The molecule has 0 aliphatic carbocycles. The first kappa shape index (κ1) is 26.3. The van der Waals surface area contributed by atoms with Crippen molar-refractivity contribution in [2.45, 2.75) is 31.7 Å². The molecule has 3 rings (SSSR count). The summed E-state index contributed by atoms with van der Waals surface area (Å²) in [7, 11) is -3.91. The van der Waals surface area contributed by atoms with Crippen LogP contribution in [-0.4, -0.2) is 31.5 Å². The molecule has 1 aromatic heterocycles. The van der Waals surface area contributed by atoms with Crippen molar-refractivity contribution in [3.63, 3.8) is 0 Å². The van der Waals surface area contributed by atoms with Crippen LogP contribution in [0.1, 0.15) is 25.2 Å². The molecule has 0 aliphatic rings. The molecule has 0 radical (unpaired) electrons. The number of furan rings is 1. The van der Waals surface area contributed by atoms with Gasteiger partial charge in [-0.2, -0.15) is 9.82 Å². The van der Waals surface area contributed by atoms with E-state index in [4.69, 9.17) is 4.42 Å². The Balaban J connectivity index is 1.68. The van der Waals surface area contributed by atoms with Gasteiger partial charge in [0.05, 0.1) is 16.0 Å². The average molecular weight is 563 g/mol. The van der Waals surface area contributed by atoms with Crippen LogP contribution in [0.2, 0.25) is 0 Å². The highest BCUT2D eigenvalue weighted by Crippen LogP contribution is 2.32. The number of carbonyl (C=O) groups is 1. The number of benzene rings is 2. The molecule has 1 heterocycles. The van der Waals surface area contributed by atoms with Gasteiger partial charge in [-0.3, -0.25) is 14.9 Å². The molecule has 0 spiro atoms. The van der Waals surface area contributed by atoms with Gasteiger partial charge in [0.1, 0.15) is 17.6 Å². The maximum Gasteiger partial charge on any atom is 0.270 e. The number of hydrazone groups is 1. The average Bonchev–Trinajstić information content (AvgIpc) is 3.26. The number of aryl methyl sites for hydroxylation is 1. The quantitative estimate of drug-likeness (QED) is 0.225. The molecule has 0 fully saturated rings. The molecule has 3 aromatic rings. The van der Waals surface area contributed by atoms with Gasteiger partial charge in [-0.15, -0.1) is 0 Å². The summed E-state index contributed by atoms with van der Waals surface area (Å²) in [5, 5.41) is 14.8. The van der Waals surface area contributed by atoms with Crippen molar-refractivity contribution in [2.24, 2.45) is 11.0 Å². The molecule has 1 atom stereocenters. The molecule has 10 nitrogen and oxygen atoms in total. The van der Waals surface area contributed by atoms with Gasteiger partial charge in [-0.05, 0) is 59.1 Å². The largest absolute Gasteiger partial charge is 0.455 e. The highest BCUT2D eigenvalue weighted by Gasteiger charge is 2.28. The van der Waals surface area contributed by atoms with Crippen LogP contribution < -0.4 is 10.1 Å². The molecule has 0 unspecified atom stereocenters.